The minimum Gasteiger partial charge on any atom is -0.329 e. The molecule has 0 spiro atoms. The van der Waals surface area contributed by atoms with Crippen LogP contribution in [0.5, 0.6) is 0 Å². The van der Waals surface area contributed by atoms with Crippen molar-refractivity contribution in [1.29, 1.82) is 0 Å². The van der Waals surface area contributed by atoms with E-state index in [9.17, 15) is 0 Å². The van der Waals surface area contributed by atoms with Gasteiger partial charge in [0.1, 0.15) is 0 Å². The first-order chi connectivity index (χ1) is 5.24. The van der Waals surface area contributed by atoms with Gasteiger partial charge < -0.3 is 11.5 Å². The lowest BCUT2D eigenvalue weighted by molar-refractivity contribution is 0.736. The fraction of sp³-hybridized carbons (Fsp3) is 0.250. The van der Waals surface area contributed by atoms with E-state index in [1.807, 2.05) is 18.2 Å². The molecule has 0 saturated heterocycles. The van der Waals surface area contributed by atoms with E-state index in [-0.39, 0.29) is 18.4 Å². The summed E-state index contributed by atoms with van der Waals surface area (Å²) in [5, 5.41) is 0. The molecule has 1 aromatic carbocycles. The van der Waals surface area contributed by atoms with Crippen LogP contribution in [0, 0.1) is 3.57 Å². The van der Waals surface area contributed by atoms with Gasteiger partial charge in [-0.25, -0.2) is 0 Å². The first-order valence-corrected chi connectivity index (χ1v) is 4.53. The van der Waals surface area contributed by atoms with Gasteiger partial charge in [0.15, 0.2) is 0 Å². The van der Waals surface area contributed by atoms with Gasteiger partial charge in [-0.15, -0.1) is 12.4 Å². The van der Waals surface area contributed by atoms with Crippen molar-refractivity contribution in [3.63, 3.8) is 0 Å². The highest BCUT2D eigenvalue weighted by molar-refractivity contribution is 14.1. The van der Waals surface area contributed by atoms with Crippen LogP contribution in [0.4, 0.5) is 0 Å². The topological polar surface area (TPSA) is 52.0 Å². The monoisotopic (exact) mass is 298 g/mol. The summed E-state index contributed by atoms with van der Waals surface area (Å²) >= 11 is 2.26. The Morgan fingerprint density at radius 3 is 2.58 bits per heavy atom. The van der Waals surface area contributed by atoms with Crippen LogP contribution in [0.1, 0.15) is 11.6 Å². The maximum Gasteiger partial charge on any atom is 0.0419 e. The number of halogens is 2. The van der Waals surface area contributed by atoms with Crippen LogP contribution in [0.2, 0.25) is 0 Å². The second kappa shape index (κ2) is 5.75. The summed E-state index contributed by atoms with van der Waals surface area (Å²) in [6.45, 7) is 0.500. The average molecular weight is 299 g/mol. The predicted octanol–water partition coefficient (Wildman–Crippen LogP) is 1.67. The van der Waals surface area contributed by atoms with Gasteiger partial charge in [0.05, 0.1) is 0 Å². The first kappa shape index (κ1) is 12.2. The lowest BCUT2D eigenvalue weighted by Crippen LogP contribution is -2.20. The minimum atomic E-state index is -0.0234. The van der Waals surface area contributed by atoms with Crippen molar-refractivity contribution in [2.45, 2.75) is 6.04 Å². The molecular formula is C8H12ClIN2. The highest BCUT2D eigenvalue weighted by Gasteiger charge is 2.01. The quantitative estimate of drug-likeness (QED) is 0.816. The molecule has 0 saturated carbocycles. The van der Waals surface area contributed by atoms with Crippen LogP contribution in [-0.2, 0) is 0 Å². The van der Waals surface area contributed by atoms with Crippen molar-refractivity contribution in [1.82, 2.24) is 0 Å². The molecule has 1 atom stereocenters. The fourth-order valence-corrected chi connectivity index (χ4v) is 1.44. The molecule has 0 aliphatic rings. The molecule has 4 heteroatoms. The molecular weight excluding hydrogens is 286 g/mol. The molecule has 0 heterocycles. The second-order valence-electron chi connectivity index (χ2n) is 2.40. The zero-order valence-corrected chi connectivity index (χ0v) is 9.51. The summed E-state index contributed by atoms with van der Waals surface area (Å²) in [5.41, 5.74) is 12.3. The molecule has 0 amide bonds. The maximum atomic E-state index is 5.73. The average Bonchev–Trinajstić information content (AvgIpc) is 2.03. The molecule has 0 bridgehead atoms. The first-order valence-electron chi connectivity index (χ1n) is 3.45. The molecule has 2 nitrogen and oxygen atoms in total. The summed E-state index contributed by atoms with van der Waals surface area (Å²) in [4.78, 5) is 0. The van der Waals surface area contributed by atoms with Gasteiger partial charge in [-0.3, -0.25) is 0 Å². The molecule has 4 N–H and O–H groups in total. The van der Waals surface area contributed by atoms with Gasteiger partial charge in [-0.1, -0.05) is 12.1 Å². The van der Waals surface area contributed by atoms with Crippen molar-refractivity contribution in [3.8, 4) is 0 Å². The highest BCUT2D eigenvalue weighted by atomic mass is 127. The smallest absolute Gasteiger partial charge is 0.0419 e. The Morgan fingerprint density at radius 2 is 2.08 bits per heavy atom. The third-order valence-electron chi connectivity index (χ3n) is 1.53. The summed E-state index contributed by atoms with van der Waals surface area (Å²) in [5.74, 6) is 0. The Hall–Kier alpha value is 0.160. The standard InChI is InChI=1S/C8H11IN2.ClH/c9-7-3-1-2-6(4-7)8(11)5-10;/h1-4,8H,5,10-11H2;1H/t8-;/m0./s1. The highest BCUT2D eigenvalue weighted by Crippen LogP contribution is 2.12. The molecule has 0 unspecified atom stereocenters. The van der Waals surface area contributed by atoms with Crippen molar-refractivity contribution < 1.29 is 0 Å². The van der Waals surface area contributed by atoms with E-state index in [4.69, 9.17) is 11.5 Å². The van der Waals surface area contributed by atoms with E-state index in [1.165, 1.54) is 3.57 Å². The third kappa shape index (κ3) is 3.26. The van der Waals surface area contributed by atoms with Crippen LogP contribution in [0.3, 0.4) is 0 Å². The van der Waals surface area contributed by atoms with Crippen LogP contribution >= 0.6 is 35.0 Å². The minimum absolute atomic E-state index is 0. The number of hydrogen-bond acceptors (Lipinski definition) is 2. The molecule has 68 valence electrons. The largest absolute Gasteiger partial charge is 0.329 e. The number of nitrogens with two attached hydrogens (primary N) is 2. The zero-order valence-electron chi connectivity index (χ0n) is 6.53. The Labute approximate surface area is 92.3 Å². The Bertz CT molecular complexity index is 242. The lowest BCUT2D eigenvalue weighted by atomic mass is 10.1. The maximum absolute atomic E-state index is 5.73. The molecule has 1 aromatic rings. The zero-order chi connectivity index (χ0) is 8.27. The van der Waals surface area contributed by atoms with Gasteiger partial charge in [-0.2, -0.15) is 0 Å². The van der Waals surface area contributed by atoms with Crippen LogP contribution in [0.15, 0.2) is 24.3 Å². The molecule has 0 aliphatic carbocycles. The Morgan fingerprint density at radius 1 is 1.42 bits per heavy atom. The van der Waals surface area contributed by atoms with E-state index in [0.29, 0.717) is 6.54 Å². The van der Waals surface area contributed by atoms with Crippen molar-refractivity contribution >= 4 is 35.0 Å². The van der Waals surface area contributed by atoms with E-state index in [2.05, 4.69) is 28.7 Å². The summed E-state index contributed by atoms with van der Waals surface area (Å²) < 4.78 is 1.20. The number of benzene rings is 1. The van der Waals surface area contributed by atoms with E-state index in [1.54, 1.807) is 0 Å². The van der Waals surface area contributed by atoms with Crippen molar-refractivity contribution in [2.75, 3.05) is 6.54 Å². The molecule has 0 fully saturated rings. The van der Waals surface area contributed by atoms with Crippen molar-refractivity contribution in [3.05, 3.63) is 33.4 Å². The molecule has 12 heavy (non-hydrogen) atoms. The molecule has 0 aromatic heterocycles. The van der Waals surface area contributed by atoms with E-state index in [0.717, 1.165) is 5.56 Å². The molecule has 0 radical (unpaired) electrons. The van der Waals surface area contributed by atoms with Crippen LogP contribution < -0.4 is 11.5 Å². The lowest BCUT2D eigenvalue weighted by Gasteiger charge is -2.08. The number of rotatable bonds is 2. The molecule has 1 rings (SSSR count). The number of hydrogen-bond donors (Lipinski definition) is 2. The summed E-state index contributed by atoms with van der Waals surface area (Å²) in [6, 6.07) is 8.06. The van der Waals surface area contributed by atoms with Gasteiger partial charge in [0.2, 0.25) is 0 Å². The van der Waals surface area contributed by atoms with E-state index >= 15 is 0 Å². The van der Waals surface area contributed by atoms with E-state index < -0.39 is 0 Å². The van der Waals surface area contributed by atoms with Gasteiger partial charge in [0, 0.05) is 16.2 Å². The van der Waals surface area contributed by atoms with Crippen LogP contribution in [0.25, 0.3) is 0 Å². The fourth-order valence-electron chi connectivity index (χ4n) is 0.873. The Balaban J connectivity index is 0.00000121. The third-order valence-corrected chi connectivity index (χ3v) is 2.20. The van der Waals surface area contributed by atoms with Gasteiger partial charge in [0.25, 0.3) is 0 Å². The van der Waals surface area contributed by atoms with Crippen LogP contribution in [-0.4, -0.2) is 6.54 Å². The summed E-state index contributed by atoms with van der Waals surface area (Å²) in [7, 11) is 0. The SMILES string of the molecule is Cl.NC[C@H](N)c1cccc(I)c1. The van der Waals surface area contributed by atoms with Gasteiger partial charge in [-0.05, 0) is 40.3 Å². The normalized spacial score (nSPS) is 11.9. The predicted molar refractivity (Wildman–Crippen MR) is 62.4 cm³/mol. The second-order valence-corrected chi connectivity index (χ2v) is 3.64. The Kier molecular flexibility index (Phi) is 5.82. The van der Waals surface area contributed by atoms with Gasteiger partial charge >= 0.3 is 0 Å². The molecule has 0 aliphatic heterocycles. The summed E-state index contributed by atoms with van der Waals surface area (Å²) in [6.07, 6.45) is 0. The van der Waals surface area contributed by atoms with Crippen molar-refractivity contribution in [2.24, 2.45) is 11.5 Å².